The van der Waals surface area contributed by atoms with E-state index < -0.39 is 5.97 Å². The molecule has 0 aliphatic heterocycles. The first-order valence-electron chi connectivity index (χ1n) is 6.80. The van der Waals surface area contributed by atoms with Crippen molar-refractivity contribution in [1.29, 1.82) is 0 Å². The van der Waals surface area contributed by atoms with Crippen LogP contribution in [0.25, 0.3) is 0 Å². The van der Waals surface area contributed by atoms with Gasteiger partial charge < -0.3 is 5.11 Å². The average molecular weight is 308 g/mol. The highest BCUT2D eigenvalue weighted by molar-refractivity contribution is 7.99. The summed E-state index contributed by atoms with van der Waals surface area (Å²) in [4.78, 5) is 11.4. The van der Waals surface area contributed by atoms with Gasteiger partial charge in [0, 0.05) is 7.05 Å². The molecule has 0 aromatic carbocycles. The molecular weight excluding hydrogens is 292 g/mol. The van der Waals surface area contributed by atoms with Gasteiger partial charge in [-0.1, -0.05) is 12.8 Å². The van der Waals surface area contributed by atoms with Crippen LogP contribution in [0.4, 0.5) is 0 Å². The molecule has 0 amide bonds. The van der Waals surface area contributed by atoms with E-state index in [2.05, 4.69) is 20.6 Å². The monoisotopic (exact) mass is 308 g/mol. The topological polar surface area (TPSA) is 98.7 Å². The van der Waals surface area contributed by atoms with E-state index in [1.54, 1.807) is 18.7 Å². The molecule has 0 radical (unpaired) electrons. The van der Waals surface area contributed by atoms with E-state index in [4.69, 9.17) is 0 Å². The molecule has 1 aliphatic rings. The lowest BCUT2D eigenvalue weighted by Gasteiger charge is -2.11. The summed E-state index contributed by atoms with van der Waals surface area (Å²) in [5, 5.41) is 26.5. The van der Waals surface area contributed by atoms with Crippen LogP contribution in [0.3, 0.4) is 0 Å². The van der Waals surface area contributed by atoms with Crippen molar-refractivity contribution in [3.63, 3.8) is 0 Å². The zero-order valence-electron chi connectivity index (χ0n) is 11.9. The largest absolute Gasteiger partial charge is 0.478 e. The van der Waals surface area contributed by atoms with E-state index in [0.29, 0.717) is 21.9 Å². The summed E-state index contributed by atoms with van der Waals surface area (Å²) in [6, 6.07) is 0.310. The number of aromatic nitrogens is 6. The summed E-state index contributed by atoms with van der Waals surface area (Å²) in [5.74, 6) is -0.983. The van der Waals surface area contributed by atoms with Crippen LogP contribution in [-0.4, -0.2) is 41.1 Å². The van der Waals surface area contributed by atoms with Crippen molar-refractivity contribution in [3.8, 4) is 0 Å². The minimum atomic E-state index is -0.983. The number of carboxylic acid groups (broad SMARTS) is 1. The Hall–Kier alpha value is -1.90. The first-order chi connectivity index (χ1) is 10.1. The number of aryl methyl sites for hydroxylation is 2. The van der Waals surface area contributed by atoms with Gasteiger partial charge in [0.15, 0.2) is 0 Å². The number of nitrogens with zero attached hydrogens (tertiary/aromatic N) is 6. The molecule has 1 saturated carbocycles. The van der Waals surface area contributed by atoms with Crippen molar-refractivity contribution in [2.45, 2.75) is 48.8 Å². The van der Waals surface area contributed by atoms with Crippen molar-refractivity contribution in [2.24, 2.45) is 7.05 Å². The Morgan fingerprint density at radius 3 is 2.76 bits per heavy atom. The fraction of sp³-hybridized carbons (Fsp3) is 0.583. The second kappa shape index (κ2) is 5.47. The van der Waals surface area contributed by atoms with Gasteiger partial charge in [-0.05, 0) is 42.0 Å². The Bertz CT molecular complexity index is 673. The lowest BCUT2D eigenvalue weighted by molar-refractivity contribution is 0.0692. The van der Waals surface area contributed by atoms with Crippen LogP contribution in [0.1, 0.15) is 47.8 Å². The van der Waals surface area contributed by atoms with Crippen LogP contribution >= 0.6 is 11.8 Å². The molecule has 1 N–H and O–H groups in total. The standard InChI is InChI=1S/C12H16N6O2S/c1-7-9(11(19)20)10(17(2)14-7)21-12-13-15-16-18(12)8-5-3-4-6-8/h8H,3-6H2,1-2H3,(H,19,20). The third-order valence-electron chi connectivity index (χ3n) is 3.70. The minimum absolute atomic E-state index is 0.212. The van der Waals surface area contributed by atoms with E-state index >= 15 is 0 Å². The Kier molecular flexibility index (Phi) is 3.66. The summed E-state index contributed by atoms with van der Waals surface area (Å²) >= 11 is 1.26. The normalized spacial score (nSPS) is 15.7. The summed E-state index contributed by atoms with van der Waals surface area (Å²) in [5.41, 5.74) is 0.705. The molecule has 0 spiro atoms. The molecule has 3 rings (SSSR count). The first kappa shape index (κ1) is 14.1. The van der Waals surface area contributed by atoms with Crippen LogP contribution in [0, 0.1) is 6.92 Å². The van der Waals surface area contributed by atoms with Gasteiger partial charge in [0.1, 0.15) is 10.6 Å². The molecule has 9 heteroatoms. The third-order valence-corrected chi connectivity index (χ3v) is 4.82. The second-order valence-electron chi connectivity index (χ2n) is 5.14. The predicted octanol–water partition coefficient (Wildman–Crippen LogP) is 1.68. The van der Waals surface area contributed by atoms with E-state index in [0.717, 1.165) is 12.8 Å². The van der Waals surface area contributed by atoms with Gasteiger partial charge in [-0.3, -0.25) is 4.68 Å². The lowest BCUT2D eigenvalue weighted by atomic mass is 10.3. The first-order valence-corrected chi connectivity index (χ1v) is 7.62. The maximum Gasteiger partial charge on any atom is 0.340 e. The zero-order valence-corrected chi connectivity index (χ0v) is 12.7. The Balaban J connectivity index is 1.94. The van der Waals surface area contributed by atoms with Gasteiger partial charge in [0.2, 0.25) is 5.16 Å². The van der Waals surface area contributed by atoms with Crippen LogP contribution in [0.15, 0.2) is 10.2 Å². The number of carboxylic acids is 1. The van der Waals surface area contributed by atoms with Crippen molar-refractivity contribution in [1.82, 2.24) is 30.0 Å². The molecule has 0 atom stereocenters. The smallest absolute Gasteiger partial charge is 0.340 e. The Labute approximate surface area is 125 Å². The molecule has 112 valence electrons. The molecule has 1 fully saturated rings. The number of hydrogen-bond acceptors (Lipinski definition) is 6. The number of rotatable bonds is 4. The maximum atomic E-state index is 11.4. The summed E-state index contributed by atoms with van der Waals surface area (Å²) in [6.45, 7) is 1.69. The highest BCUT2D eigenvalue weighted by atomic mass is 32.2. The summed E-state index contributed by atoms with van der Waals surface area (Å²) in [6.07, 6.45) is 4.49. The van der Waals surface area contributed by atoms with Gasteiger partial charge in [-0.15, -0.1) is 5.10 Å². The van der Waals surface area contributed by atoms with Gasteiger partial charge in [0.05, 0.1) is 11.7 Å². The zero-order chi connectivity index (χ0) is 15.0. The summed E-state index contributed by atoms with van der Waals surface area (Å²) in [7, 11) is 1.73. The highest BCUT2D eigenvalue weighted by Crippen LogP contribution is 2.35. The molecule has 0 saturated heterocycles. The van der Waals surface area contributed by atoms with Crippen molar-refractivity contribution in [3.05, 3.63) is 11.3 Å². The van der Waals surface area contributed by atoms with Crippen molar-refractivity contribution < 1.29 is 9.90 Å². The maximum absolute atomic E-state index is 11.4. The molecule has 2 aromatic rings. The third kappa shape index (κ3) is 2.53. The van der Waals surface area contributed by atoms with Crippen LogP contribution in [-0.2, 0) is 7.05 Å². The second-order valence-corrected chi connectivity index (χ2v) is 6.10. The molecule has 2 aromatic heterocycles. The van der Waals surface area contributed by atoms with Crippen LogP contribution < -0.4 is 0 Å². The molecule has 2 heterocycles. The number of aromatic carboxylic acids is 1. The van der Waals surface area contributed by atoms with Crippen molar-refractivity contribution >= 4 is 17.7 Å². The minimum Gasteiger partial charge on any atom is -0.478 e. The molecule has 8 nitrogen and oxygen atoms in total. The quantitative estimate of drug-likeness (QED) is 0.917. The van der Waals surface area contributed by atoms with Gasteiger partial charge in [0.25, 0.3) is 0 Å². The average Bonchev–Trinajstić information content (AvgIpc) is 3.11. The van der Waals surface area contributed by atoms with Gasteiger partial charge in [-0.2, -0.15) is 5.10 Å². The predicted molar refractivity (Wildman–Crippen MR) is 74.3 cm³/mol. The molecule has 0 unspecified atom stereocenters. The van der Waals surface area contributed by atoms with E-state index in [-0.39, 0.29) is 5.56 Å². The molecule has 21 heavy (non-hydrogen) atoms. The molecule has 1 aliphatic carbocycles. The van der Waals surface area contributed by atoms with Crippen molar-refractivity contribution in [2.75, 3.05) is 0 Å². The van der Waals surface area contributed by atoms with Crippen LogP contribution in [0.2, 0.25) is 0 Å². The van der Waals surface area contributed by atoms with E-state index in [9.17, 15) is 9.90 Å². The molecular formula is C12H16N6O2S. The Morgan fingerprint density at radius 1 is 1.38 bits per heavy atom. The number of hydrogen-bond donors (Lipinski definition) is 1. The number of carbonyl (C=O) groups is 1. The van der Waals surface area contributed by atoms with Gasteiger partial charge >= 0.3 is 5.97 Å². The van der Waals surface area contributed by atoms with E-state index in [1.807, 2.05) is 4.68 Å². The lowest BCUT2D eigenvalue weighted by Crippen LogP contribution is -2.09. The molecule has 0 bridgehead atoms. The SMILES string of the molecule is Cc1nn(C)c(Sc2nnnn2C2CCCC2)c1C(=O)O. The number of tetrazole rings is 1. The van der Waals surface area contributed by atoms with E-state index in [1.165, 1.54) is 24.6 Å². The van der Waals surface area contributed by atoms with Gasteiger partial charge in [-0.25, -0.2) is 9.48 Å². The highest BCUT2D eigenvalue weighted by Gasteiger charge is 2.26. The summed E-state index contributed by atoms with van der Waals surface area (Å²) < 4.78 is 3.38. The fourth-order valence-electron chi connectivity index (χ4n) is 2.72. The Morgan fingerprint density at radius 2 is 2.10 bits per heavy atom. The van der Waals surface area contributed by atoms with Crippen LogP contribution in [0.5, 0.6) is 0 Å². The fourth-order valence-corrected chi connectivity index (χ4v) is 3.76.